The van der Waals surface area contributed by atoms with E-state index in [1.54, 1.807) is 32.0 Å². The van der Waals surface area contributed by atoms with Crippen LogP contribution in [-0.4, -0.2) is 54.6 Å². The summed E-state index contributed by atoms with van der Waals surface area (Å²) in [6, 6.07) is 3.47. The molecule has 1 aromatic carbocycles. The molecule has 28 heavy (non-hydrogen) atoms. The number of urea groups is 1. The number of carbonyl (C=O) groups excluding carboxylic acids is 4. The Morgan fingerprint density at radius 1 is 1.29 bits per heavy atom. The fraction of sp³-hybridized carbons (Fsp3) is 0.444. The fourth-order valence-electron chi connectivity index (χ4n) is 3.07. The lowest BCUT2D eigenvalue weighted by molar-refractivity contribution is -0.135. The van der Waals surface area contributed by atoms with Crippen LogP contribution in [0.15, 0.2) is 18.2 Å². The van der Waals surface area contributed by atoms with Crippen LogP contribution in [0.2, 0.25) is 0 Å². The van der Waals surface area contributed by atoms with Crippen molar-refractivity contribution < 1.29 is 28.7 Å². The molecule has 2 aliphatic rings. The smallest absolute Gasteiger partial charge is 0.325 e. The number of hydrogen-bond acceptors (Lipinski definition) is 6. The summed E-state index contributed by atoms with van der Waals surface area (Å²) in [5.74, 6) is -0.500. The minimum atomic E-state index is -1.34. The Balaban J connectivity index is 1.71. The van der Waals surface area contributed by atoms with Gasteiger partial charge in [0.25, 0.3) is 5.91 Å². The molecular formula is C18H22N4O6. The second-order valence-electron chi connectivity index (χ2n) is 6.70. The molecule has 1 saturated heterocycles. The van der Waals surface area contributed by atoms with Gasteiger partial charge in [-0.25, -0.2) is 4.79 Å². The summed E-state index contributed by atoms with van der Waals surface area (Å²) in [6.07, 6.45) is 0. The summed E-state index contributed by atoms with van der Waals surface area (Å²) in [4.78, 5) is 50.0. The summed E-state index contributed by atoms with van der Waals surface area (Å²) < 4.78 is 10.6. The number of benzene rings is 1. The molecule has 0 bridgehead atoms. The number of imide groups is 1. The topological polar surface area (TPSA) is 126 Å². The molecule has 3 rings (SSSR count). The maximum atomic E-state index is 12.9. The first kappa shape index (κ1) is 19.5. The van der Waals surface area contributed by atoms with Gasteiger partial charge in [0.1, 0.15) is 18.1 Å². The summed E-state index contributed by atoms with van der Waals surface area (Å²) in [7, 11) is 0. The molecule has 1 fully saturated rings. The van der Waals surface area contributed by atoms with Gasteiger partial charge in [-0.05, 0) is 38.5 Å². The first-order valence-electron chi connectivity index (χ1n) is 8.87. The minimum Gasteiger partial charge on any atom is -0.454 e. The lowest BCUT2D eigenvalue weighted by atomic mass is 9.91. The summed E-state index contributed by atoms with van der Waals surface area (Å²) in [5.41, 5.74) is -0.836. The van der Waals surface area contributed by atoms with Crippen molar-refractivity contribution in [3.63, 3.8) is 0 Å². The number of rotatable bonds is 6. The molecule has 0 unspecified atom stereocenters. The Kier molecular flexibility index (Phi) is 5.12. The zero-order chi connectivity index (χ0) is 20.5. The quantitative estimate of drug-likeness (QED) is 0.579. The van der Waals surface area contributed by atoms with Crippen molar-refractivity contribution in [1.82, 2.24) is 20.9 Å². The van der Waals surface area contributed by atoms with E-state index in [1.165, 1.54) is 6.92 Å². The van der Waals surface area contributed by atoms with E-state index in [1.807, 2.05) is 0 Å². The lowest BCUT2D eigenvalue weighted by Gasteiger charge is -2.22. The predicted molar refractivity (Wildman–Crippen MR) is 96.5 cm³/mol. The van der Waals surface area contributed by atoms with Crippen LogP contribution in [0, 0.1) is 0 Å². The largest absolute Gasteiger partial charge is 0.454 e. The standard InChI is InChI=1S/C18H22N4O6/c1-4-19-15(24)10(2)20-14(23)8-22-16(25)18(3,21-17(22)26)11-5-6-12-13(7-11)28-9-27-12/h5-7,10H,4,8-9H2,1-3H3,(H,19,24)(H,20,23)(H,21,26)/t10-,18+/m1/s1. The van der Waals surface area contributed by atoms with Gasteiger partial charge >= 0.3 is 6.03 Å². The van der Waals surface area contributed by atoms with Crippen molar-refractivity contribution in [2.45, 2.75) is 32.4 Å². The third-order valence-electron chi connectivity index (χ3n) is 4.65. The molecule has 0 saturated carbocycles. The summed E-state index contributed by atoms with van der Waals surface area (Å²) in [5, 5.41) is 7.67. The van der Waals surface area contributed by atoms with Crippen molar-refractivity contribution in [2.75, 3.05) is 19.9 Å². The van der Waals surface area contributed by atoms with Gasteiger partial charge < -0.3 is 25.4 Å². The number of fused-ring (bicyclic) bond motifs is 1. The van der Waals surface area contributed by atoms with Crippen molar-refractivity contribution >= 4 is 23.8 Å². The molecule has 1 aromatic rings. The number of hydrogen-bond donors (Lipinski definition) is 3. The van der Waals surface area contributed by atoms with E-state index in [0.717, 1.165) is 4.90 Å². The predicted octanol–water partition coefficient (Wildman–Crippen LogP) is -0.177. The Labute approximate surface area is 161 Å². The average Bonchev–Trinajstić information content (AvgIpc) is 3.20. The second kappa shape index (κ2) is 7.37. The van der Waals surface area contributed by atoms with Crippen LogP contribution in [0.1, 0.15) is 26.3 Å². The van der Waals surface area contributed by atoms with Gasteiger partial charge in [-0.3, -0.25) is 19.3 Å². The van der Waals surface area contributed by atoms with Gasteiger partial charge in [0.2, 0.25) is 18.6 Å². The van der Waals surface area contributed by atoms with E-state index >= 15 is 0 Å². The van der Waals surface area contributed by atoms with Crippen LogP contribution in [-0.2, 0) is 19.9 Å². The van der Waals surface area contributed by atoms with Gasteiger partial charge in [-0.1, -0.05) is 6.07 Å². The molecule has 5 amide bonds. The van der Waals surface area contributed by atoms with Crippen LogP contribution in [0.3, 0.4) is 0 Å². The molecule has 10 heteroatoms. The number of likely N-dealkylation sites (N-methyl/N-ethyl adjacent to an activating group) is 1. The first-order valence-corrected chi connectivity index (χ1v) is 8.87. The maximum Gasteiger partial charge on any atom is 0.325 e. The van der Waals surface area contributed by atoms with E-state index in [-0.39, 0.29) is 12.7 Å². The number of nitrogens with zero attached hydrogens (tertiary/aromatic N) is 1. The van der Waals surface area contributed by atoms with Crippen molar-refractivity contribution in [1.29, 1.82) is 0 Å². The van der Waals surface area contributed by atoms with Crippen molar-refractivity contribution in [3.05, 3.63) is 23.8 Å². The van der Waals surface area contributed by atoms with Gasteiger partial charge in [0.15, 0.2) is 11.5 Å². The third kappa shape index (κ3) is 3.45. The van der Waals surface area contributed by atoms with Gasteiger partial charge in [0.05, 0.1) is 0 Å². The number of amides is 5. The summed E-state index contributed by atoms with van der Waals surface area (Å²) >= 11 is 0. The number of carbonyl (C=O) groups is 4. The highest BCUT2D eigenvalue weighted by Gasteiger charge is 2.50. The fourth-order valence-corrected chi connectivity index (χ4v) is 3.07. The second-order valence-corrected chi connectivity index (χ2v) is 6.70. The highest BCUT2D eigenvalue weighted by atomic mass is 16.7. The molecule has 150 valence electrons. The third-order valence-corrected chi connectivity index (χ3v) is 4.65. The van der Waals surface area contributed by atoms with E-state index < -0.39 is 36.0 Å². The molecule has 3 N–H and O–H groups in total. The van der Waals surface area contributed by atoms with Crippen molar-refractivity contribution in [2.24, 2.45) is 0 Å². The molecule has 2 aliphatic heterocycles. The molecular weight excluding hydrogens is 368 g/mol. The molecule has 0 aromatic heterocycles. The zero-order valence-electron chi connectivity index (χ0n) is 15.8. The Morgan fingerprint density at radius 2 is 2.00 bits per heavy atom. The number of nitrogens with one attached hydrogen (secondary N) is 3. The number of ether oxygens (including phenoxy) is 2. The van der Waals surface area contributed by atoms with Crippen LogP contribution in [0.25, 0.3) is 0 Å². The summed E-state index contributed by atoms with van der Waals surface area (Å²) in [6.45, 7) is 4.86. The molecule has 2 heterocycles. The maximum absolute atomic E-state index is 12.9. The van der Waals surface area contributed by atoms with Crippen LogP contribution in [0.4, 0.5) is 4.79 Å². The lowest BCUT2D eigenvalue weighted by Crippen LogP contribution is -2.49. The van der Waals surface area contributed by atoms with E-state index in [2.05, 4.69) is 16.0 Å². The van der Waals surface area contributed by atoms with E-state index in [4.69, 9.17) is 9.47 Å². The van der Waals surface area contributed by atoms with Crippen LogP contribution < -0.4 is 25.4 Å². The highest BCUT2D eigenvalue weighted by Crippen LogP contribution is 2.37. The SMILES string of the molecule is CCNC(=O)[C@@H](C)NC(=O)CN1C(=O)N[C@@](C)(c2ccc3c(c2)OCO3)C1=O. The van der Waals surface area contributed by atoms with Crippen molar-refractivity contribution in [3.8, 4) is 11.5 Å². The first-order chi connectivity index (χ1) is 13.3. The molecule has 0 aliphatic carbocycles. The van der Waals surface area contributed by atoms with Gasteiger partial charge in [-0.15, -0.1) is 0 Å². The Bertz CT molecular complexity index is 841. The molecule has 0 spiro atoms. The minimum absolute atomic E-state index is 0.0892. The van der Waals surface area contributed by atoms with Gasteiger partial charge in [-0.2, -0.15) is 0 Å². The Hall–Kier alpha value is -3.30. The highest BCUT2D eigenvalue weighted by molar-refractivity contribution is 6.09. The molecule has 10 nitrogen and oxygen atoms in total. The molecule has 0 radical (unpaired) electrons. The average molecular weight is 390 g/mol. The normalized spacial score (nSPS) is 21.3. The zero-order valence-corrected chi connectivity index (χ0v) is 15.8. The van der Waals surface area contributed by atoms with Gasteiger partial charge in [0, 0.05) is 6.54 Å². The van der Waals surface area contributed by atoms with E-state index in [0.29, 0.717) is 23.6 Å². The van der Waals surface area contributed by atoms with Crippen LogP contribution >= 0.6 is 0 Å². The van der Waals surface area contributed by atoms with Crippen LogP contribution in [0.5, 0.6) is 11.5 Å². The monoisotopic (exact) mass is 390 g/mol. The Morgan fingerprint density at radius 3 is 2.71 bits per heavy atom. The van der Waals surface area contributed by atoms with E-state index in [9.17, 15) is 19.2 Å². The molecule has 2 atom stereocenters.